The highest BCUT2D eigenvalue weighted by atomic mass is 35.5. The summed E-state index contributed by atoms with van der Waals surface area (Å²) in [5.41, 5.74) is 3.56. The van der Waals surface area contributed by atoms with E-state index in [1.54, 1.807) is 7.11 Å². The van der Waals surface area contributed by atoms with Crippen LogP contribution in [0.2, 0.25) is 0 Å². The van der Waals surface area contributed by atoms with Crippen molar-refractivity contribution in [3.05, 3.63) is 59.4 Å². The Hall–Kier alpha value is -1.62. The average Bonchev–Trinajstić information content (AvgIpc) is 2.57. The van der Waals surface area contributed by atoms with Gasteiger partial charge in [0.2, 0.25) is 0 Å². The summed E-state index contributed by atoms with van der Waals surface area (Å²) < 4.78 is 5.55. The van der Waals surface area contributed by atoms with Gasteiger partial charge in [-0.15, -0.1) is 12.4 Å². The predicted octanol–water partition coefficient (Wildman–Crippen LogP) is 2.97. The van der Waals surface area contributed by atoms with Crippen LogP contribution in [0, 0.1) is 6.92 Å². The second-order valence-electron chi connectivity index (χ2n) is 5.74. The zero-order valence-electron chi connectivity index (χ0n) is 13.7. The summed E-state index contributed by atoms with van der Waals surface area (Å²) >= 11 is 0. The van der Waals surface area contributed by atoms with Crippen LogP contribution in [0.4, 0.5) is 0 Å². The molecule has 4 nitrogen and oxygen atoms in total. The summed E-state index contributed by atoms with van der Waals surface area (Å²) in [5.74, 6) is 0.961. The molecule has 1 N–H and O–H groups in total. The molecule has 2 heterocycles. The molecule has 0 amide bonds. The highest BCUT2D eigenvalue weighted by Crippen LogP contribution is 2.30. The molecule has 0 radical (unpaired) electrons. The van der Waals surface area contributed by atoms with Gasteiger partial charge in [-0.2, -0.15) is 0 Å². The molecular weight excluding hydrogens is 310 g/mol. The SMILES string of the molecule is COc1ccccc1C1CNCCN1Cc1ccc(C)nc1.Cl. The third kappa shape index (κ3) is 4.22. The van der Waals surface area contributed by atoms with E-state index < -0.39 is 0 Å². The molecule has 1 aromatic carbocycles. The van der Waals surface area contributed by atoms with Gasteiger partial charge in [0.05, 0.1) is 13.2 Å². The number of benzene rings is 1. The number of aryl methyl sites for hydroxylation is 1. The number of hydrogen-bond donors (Lipinski definition) is 1. The van der Waals surface area contributed by atoms with Crippen molar-refractivity contribution in [3.63, 3.8) is 0 Å². The lowest BCUT2D eigenvalue weighted by atomic mass is 10.0. The van der Waals surface area contributed by atoms with Gasteiger partial charge in [0.25, 0.3) is 0 Å². The third-order valence-corrected chi connectivity index (χ3v) is 4.21. The Bertz CT molecular complexity index is 618. The zero-order chi connectivity index (χ0) is 15.4. The number of hydrogen-bond acceptors (Lipinski definition) is 4. The Balaban J connectivity index is 0.00000192. The maximum Gasteiger partial charge on any atom is 0.123 e. The normalized spacial score (nSPS) is 18.3. The van der Waals surface area contributed by atoms with E-state index in [1.165, 1.54) is 11.1 Å². The molecule has 3 rings (SSSR count). The largest absolute Gasteiger partial charge is 0.496 e. The van der Waals surface area contributed by atoms with Crippen LogP contribution >= 0.6 is 12.4 Å². The topological polar surface area (TPSA) is 37.4 Å². The first-order valence-electron chi connectivity index (χ1n) is 7.77. The molecule has 124 valence electrons. The third-order valence-electron chi connectivity index (χ3n) is 4.21. The minimum absolute atomic E-state index is 0. The molecule has 23 heavy (non-hydrogen) atoms. The fourth-order valence-electron chi connectivity index (χ4n) is 3.01. The molecule has 0 bridgehead atoms. The molecule has 1 aliphatic heterocycles. The van der Waals surface area contributed by atoms with Gasteiger partial charge < -0.3 is 10.1 Å². The summed E-state index contributed by atoms with van der Waals surface area (Å²) in [4.78, 5) is 6.91. The first-order valence-corrected chi connectivity index (χ1v) is 7.77. The molecular formula is C18H24ClN3O. The Morgan fingerprint density at radius 3 is 2.83 bits per heavy atom. The molecule has 5 heteroatoms. The molecule has 1 fully saturated rings. The second kappa shape index (κ2) is 8.29. The van der Waals surface area contributed by atoms with Crippen molar-refractivity contribution < 1.29 is 4.74 Å². The van der Waals surface area contributed by atoms with Gasteiger partial charge in [-0.3, -0.25) is 9.88 Å². The maximum absolute atomic E-state index is 5.55. The van der Waals surface area contributed by atoms with E-state index in [-0.39, 0.29) is 12.4 Å². The van der Waals surface area contributed by atoms with Gasteiger partial charge in [0.15, 0.2) is 0 Å². The number of nitrogens with one attached hydrogen (secondary N) is 1. The first kappa shape index (κ1) is 17.7. The summed E-state index contributed by atoms with van der Waals surface area (Å²) in [6, 6.07) is 12.9. The van der Waals surface area contributed by atoms with Crippen LogP contribution in [-0.2, 0) is 6.54 Å². The first-order chi connectivity index (χ1) is 10.8. The molecule has 1 saturated heterocycles. The molecule has 0 aliphatic carbocycles. The molecule has 0 saturated carbocycles. The summed E-state index contributed by atoms with van der Waals surface area (Å²) in [5, 5.41) is 3.50. The molecule has 1 aromatic heterocycles. The van der Waals surface area contributed by atoms with Crippen molar-refractivity contribution in [2.24, 2.45) is 0 Å². The number of aromatic nitrogens is 1. The van der Waals surface area contributed by atoms with E-state index >= 15 is 0 Å². The van der Waals surface area contributed by atoms with Gasteiger partial charge in [0.1, 0.15) is 5.75 Å². The highest BCUT2D eigenvalue weighted by Gasteiger charge is 2.26. The highest BCUT2D eigenvalue weighted by molar-refractivity contribution is 5.85. The minimum Gasteiger partial charge on any atom is -0.496 e. The van der Waals surface area contributed by atoms with E-state index in [0.29, 0.717) is 6.04 Å². The Morgan fingerprint density at radius 1 is 1.26 bits per heavy atom. The number of para-hydroxylation sites is 1. The number of pyridine rings is 1. The predicted molar refractivity (Wildman–Crippen MR) is 95.2 cm³/mol. The Labute approximate surface area is 144 Å². The van der Waals surface area contributed by atoms with Gasteiger partial charge in [0, 0.05) is 43.6 Å². The smallest absolute Gasteiger partial charge is 0.123 e. The van der Waals surface area contributed by atoms with Crippen LogP contribution in [0.5, 0.6) is 5.75 Å². The monoisotopic (exact) mass is 333 g/mol. The average molecular weight is 334 g/mol. The lowest BCUT2D eigenvalue weighted by Crippen LogP contribution is -2.45. The fraction of sp³-hybridized carbons (Fsp3) is 0.389. The van der Waals surface area contributed by atoms with Crippen molar-refractivity contribution in [3.8, 4) is 5.75 Å². The number of ether oxygens (including phenoxy) is 1. The van der Waals surface area contributed by atoms with Crippen LogP contribution in [0.25, 0.3) is 0 Å². The lowest BCUT2D eigenvalue weighted by molar-refractivity contribution is 0.151. The van der Waals surface area contributed by atoms with E-state index in [0.717, 1.165) is 37.6 Å². The fourth-order valence-corrected chi connectivity index (χ4v) is 3.01. The Kier molecular flexibility index (Phi) is 6.39. The van der Waals surface area contributed by atoms with E-state index in [4.69, 9.17) is 4.74 Å². The second-order valence-corrected chi connectivity index (χ2v) is 5.74. The van der Waals surface area contributed by atoms with Crippen LogP contribution in [0.3, 0.4) is 0 Å². The molecule has 1 atom stereocenters. The van der Waals surface area contributed by atoms with Crippen molar-refractivity contribution in [1.29, 1.82) is 0 Å². The van der Waals surface area contributed by atoms with Crippen molar-refractivity contribution in [2.45, 2.75) is 19.5 Å². The molecule has 0 spiro atoms. The maximum atomic E-state index is 5.55. The molecule has 1 unspecified atom stereocenters. The number of halogens is 1. The van der Waals surface area contributed by atoms with Crippen molar-refractivity contribution in [1.82, 2.24) is 15.2 Å². The van der Waals surface area contributed by atoms with E-state index in [2.05, 4.69) is 39.5 Å². The zero-order valence-corrected chi connectivity index (χ0v) is 14.5. The van der Waals surface area contributed by atoms with Crippen molar-refractivity contribution in [2.75, 3.05) is 26.7 Å². The summed E-state index contributed by atoms with van der Waals surface area (Å²) in [6.07, 6.45) is 1.98. The van der Waals surface area contributed by atoms with E-state index in [1.807, 2.05) is 25.3 Å². The number of piperazine rings is 1. The van der Waals surface area contributed by atoms with Crippen LogP contribution in [-0.4, -0.2) is 36.6 Å². The number of nitrogens with zero attached hydrogens (tertiary/aromatic N) is 2. The van der Waals surface area contributed by atoms with Gasteiger partial charge >= 0.3 is 0 Å². The quantitative estimate of drug-likeness (QED) is 0.933. The van der Waals surface area contributed by atoms with Gasteiger partial charge in [-0.05, 0) is 24.6 Å². The van der Waals surface area contributed by atoms with Gasteiger partial charge in [-0.1, -0.05) is 24.3 Å². The summed E-state index contributed by atoms with van der Waals surface area (Å²) in [7, 11) is 1.74. The Morgan fingerprint density at radius 2 is 2.09 bits per heavy atom. The van der Waals surface area contributed by atoms with E-state index in [9.17, 15) is 0 Å². The number of rotatable bonds is 4. The number of methoxy groups -OCH3 is 1. The molecule has 2 aromatic rings. The van der Waals surface area contributed by atoms with Crippen LogP contribution in [0.1, 0.15) is 22.9 Å². The minimum atomic E-state index is 0. The van der Waals surface area contributed by atoms with Crippen molar-refractivity contribution >= 4 is 12.4 Å². The molecule has 1 aliphatic rings. The summed E-state index contributed by atoms with van der Waals surface area (Å²) in [6.45, 7) is 5.92. The lowest BCUT2D eigenvalue weighted by Gasteiger charge is -2.37. The van der Waals surface area contributed by atoms with Crippen LogP contribution < -0.4 is 10.1 Å². The standard InChI is InChI=1S/C18H23N3O.ClH/c1-14-7-8-15(11-20-14)13-21-10-9-19-12-17(21)16-5-3-4-6-18(16)22-2;/h3-8,11,17,19H,9-10,12-13H2,1-2H3;1H. The van der Waals surface area contributed by atoms with Crippen LogP contribution in [0.15, 0.2) is 42.6 Å². The van der Waals surface area contributed by atoms with Gasteiger partial charge in [-0.25, -0.2) is 0 Å².